The second-order valence-corrected chi connectivity index (χ2v) is 19.8. The van der Waals surface area contributed by atoms with E-state index >= 15 is 0 Å². The van der Waals surface area contributed by atoms with Crippen LogP contribution in [0.25, 0.3) is 5.57 Å². The lowest BCUT2D eigenvalue weighted by Crippen LogP contribution is -2.65. The zero-order valence-corrected chi connectivity index (χ0v) is 35.4. The van der Waals surface area contributed by atoms with Crippen molar-refractivity contribution in [1.82, 2.24) is 0 Å². The lowest BCUT2D eigenvalue weighted by atomic mass is 9.36. The van der Waals surface area contributed by atoms with Crippen LogP contribution < -0.4 is 0 Å². The number of hydrogen-bond donors (Lipinski definition) is 1. The van der Waals surface area contributed by atoms with Crippen LogP contribution in [0.3, 0.4) is 0 Å². The highest BCUT2D eigenvalue weighted by Gasteiger charge is 2.70. The Hall–Kier alpha value is -2.38. The van der Waals surface area contributed by atoms with Crippen LogP contribution in [0, 0.1) is 51.2 Å². The molecule has 0 bridgehead atoms. The molecule has 52 heavy (non-hydrogen) atoms. The quantitative estimate of drug-likeness (QED) is 0.116. The van der Waals surface area contributed by atoms with Gasteiger partial charge in [0.2, 0.25) is 6.79 Å². The standard InChI is InChI=1S/C45H65BrO6/c1-26(2)32(30-14-13-15-31(46)22-30)16-17-33(40(48)50-25-51-41(49)42(7,8)9)38-35-23-36(47)39-43(10)20-18-28(5)29(6)34(43)19-21-44(39,11)45(35,12)24-37(38)52-27(3)4/h13-15,22,28-29,34-37,39,47H,3,16-21,23-25H2,1-2,4-12H3/b38-33-/t28-,29+,34+,35+,36-,37?,39+,43+,44+,45+/m1/s1. The van der Waals surface area contributed by atoms with Crippen LogP contribution in [0.2, 0.25) is 0 Å². The van der Waals surface area contributed by atoms with Gasteiger partial charge in [-0.1, -0.05) is 74.8 Å². The molecule has 4 aliphatic carbocycles. The SMILES string of the molecule is C=C(C)OC1C[C@@]2(C)[C@@H](C[C@@H](O)[C@H]3[C@@]4(C)CC[C@@H](C)[C@H](C)[C@@H]4CC[C@@]32C)/C1=C(\CCC(=C(C)C)c1cccc(Br)c1)C(=O)OCOC(=O)C(C)(C)C. The van der Waals surface area contributed by atoms with Crippen molar-refractivity contribution in [1.29, 1.82) is 0 Å². The summed E-state index contributed by atoms with van der Waals surface area (Å²) in [6.07, 6.45) is 5.98. The Bertz CT molecular complexity index is 1610. The number of fused-ring (bicyclic) bond motifs is 5. The molecule has 1 unspecified atom stereocenters. The highest BCUT2D eigenvalue weighted by Crippen LogP contribution is 2.74. The first-order chi connectivity index (χ1) is 24.2. The number of rotatable bonds is 9. The van der Waals surface area contributed by atoms with E-state index in [4.69, 9.17) is 14.2 Å². The van der Waals surface area contributed by atoms with Gasteiger partial charge in [-0.05, 0) is 168 Å². The van der Waals surface area contributed by atoms with Gasteiger partial charge in [-0.25, -0.2) is 4.79 Å². The molecule has 1 N–H and O–H groups in total. The largest absolute Gasteiger partial charge is 0.491 e. The maximum atomic E-state index is 14.5. The number of benzene rings is 1. The Morgan fingerprint density at radius 3 is 2.31 bits per heavy atom. The van der Waals surface area contributed by atoms with Crippen molar-refractivity contribution >= 4 is 33.4 Å². The molecule has 4 fully saturated rings. The lowest BCUT2D eigenvalue weighted by molar-refractivity contribution is -0.229. The average Bonchev–Trinajstić information content (AvgIpc) is 3.31. The topological polar surface area (TPSA) is 82.1 Å². The van der Waals surface area contributed by atoms with Gasteiger partial charge in [-0.15, -0.1) is 0 Å². The van der Waals surface area contributed by atoms with E-state index in [0.717, 1.165) is 46.9 Å². The maximum absolute atomic E-state index is 14.5. The molecule has 1 aromatic carbocycles. The number of esters is 2. The first kappa shape index (κ1) is 40.8. The maximum Gasteiger partial charge on any atom is 0.336 e. The molecule has 288 valence electrons. The van der Waals surface area contributed by atoms with Crippen LogP contribution in [0.1, 0.15) is 133 Å². The minimum Gasteiger partial charge on any atom is -0.491 e. The third kappa shape index (κ3) is 7.36. The van der Waals surface area contributed by atoms with E-state index in [1.807, 2.05) is 19.1 Å². The number of carbonyl (C=O) groups excluding carboxylic acids is 2. The van der Waals surface area contributed by atoms with Crippen molar-refractivity contribution in [2.75, 3.05) is 6.79 Å². The van der Waals surface area contributed by atoms with E-state index < -0.39 is 30.3 Å². The number of aliphatic hydroxyl groups excluding tert-OH is 1. The van der Waals surface area contributed by atoms with Gasteiger partial charge in [0.15, 0.2) is 0 Å². The fraction of sp³-hybridized carbons (Fsp3) is 0.689. The van der Waals surface area contributed by atoms with E-state index in [1.54, 1.807) is 20.8 Å². The Morgan fingerprint density at radius 1 is 1.00 bits per heavy atom. The molecular weight excluding hydrogens is 716 g/mol. The number of aliphatic hydroxyl groups is 1. The number of allylic oxidation sites excluding steroid dienone is 3. The molecule has 6 nitrogen and oxygen atoms in total. The molecule has 0 aromatic heterocycles. The van der Waals surface area contributed by atoms with Crippen LogP contribution in [0.5, 0.6) is 0 Å². The molecule has 0 radical (unpaired) electrons. The Morgan fingerprint density at radius 2 is 1.69 bits per heavy atom. The molecular formula is C45H65BrO6. The van der Waals surface area contributed by atoms with E-state index in [0.29, 0.717) is 48.3 Å². The number of ether oxygens (including phenoxy) is 3. The summed E-state index contributed by atoms with van der Waals surface area (Å²) in [5, 5.41) is 12.5. The molecule has 1 aromatic rings. The normalized spacial score (nSPS) is 36.4. The predicted molar refractivity (Wildman–Crippen MR) is 212 cm³/mol. The Balaban J connectivity index is 1.60. The van der Waals surface area contributed by atoms with Gasteiger partial charge in [-0.3, -0.25) is 4.79 Å². The highest BCUT2D eigenvalue weighted by molar-refractivity contribution is 9.10. The molecule has 5 rings (SSSR count). The molecule has 4 aliphatic rings. The molecule has 4 saturated carbocycles. The van der Waals surface area contributed by atoms with Gasteiger partial charge in [0, 0.05) is 10.0 Å². The predicted octanol–water partition coefficient (Wildman–Crippen LogP) is 11.2. The van der Waals surface area contributed by atoms with Crippen molar-refractivity contribution in [2.45, 2.75) is 140 Å². The second-order valence-electron chi connectivity index (χ2n) is 18.9. The van der Waals surface area contributed by atoms with Crippen LogP contribution in [0.4, 0.5) is 0 Å². The third-order valence-electron chi connectivity index (χ3n) is 14.5. The van der Waals surface area contributed by atoms with Gasteiger partial charge >= 0.3 is 11.9 Å². The van der Waals surface area contributed by atoms with Crippen LogP contribution in [-0.2, 0) is 23.8 Å². The summed E-state index contributed by atoms with van der Waals surface area (Å²) in [7, 11) is 0. The molecule has 0 aliphatic heterocycles. The molecule has 0 saturated heterocycles. The number of halogens is 1. The highest BCUT2D eigenvalue weighted by atomic mass is 79.9. The van der Waals surface area contributed by atoms with E-state index in [1.165, 1.54) is 12.0 Å². The molecule has 10 atom stereocenters. The zero-order valence-electron chi connectivity index (χ0n) is 33.8. The van der Waals surface area contributed by atoms with Crippen molar-refractivity contribution in [3.05, 3.63) is 63.4 Å². The summed E-state index contributed by atoms with van der Waals surface area (Å²) in [6, 6.07) is 8.26. The lowest BCUT2D eigenvalue weighted by Gasteiger charge is -2.69. The minimum absolute atomic E-state index is 0.0461. The Labute approximate surface area is 322 Å². The van der Waals surface area contributed by atoms with Crippen LogP contribution in [0.15, 0.2) is 57.8 Å². The van der Waals surface area contributed by atoms with Crippen molar-refractivity contribution in [2.24, 2.45) is 51.2 Å². The summed E-state index contributed by atoms with van der Waals surface area (Å²) in [5.74, 6) is 1.65. The summed E-state index contributed by atoms with van der Waals surface area (Å²) >= 11 is 3.64. The monoisotopic (exact) mass is 780 g/mol. The fourth-order valence-corrected chi connectivity index (χ4v) is 12.0. The summed E-state index contributed by atoms with van der Waals surface area (Å²) < 4.78 is 18.9. The van der Waals surface area contributed by atoms with Crippen LogP contribution in [-0.4, -0.2) is 36.0 Å². The third-order valence-corrected chi connectivity index (χ3v) is 15.0. The number of carbonyl (C=O) groups is 2. The van der Waals surface area contributed by atoms with E-state index in [2.05, 4.69) is 83.1 Å². The van der Waals surface area contributed by atoms with Crippen molar-refractivity contribution in [3.8, 4) is 0 Å². The van der Waals surface area contributed by atoms with Gasteiger partial charge in [0.25, 0.3) is 0 Å². The van der Waals surface area contributed by atoms with Gasteiger partial charge in [0.05, 0.1) is 17.3 Å². The van der Waals surface area contributed by atoms with Gasteiger partial charge < -0.3 is 19.3 Å². The summed E-state index contributed by atoms with van der Waals surface area (Å²) in [6.45, 7) is 27.3. The summed E-state index contributed by atoms with van der Waals surface area (Å²) in [5.41, 5.74) is 3.84. The first-order valence-corrected chi connectivity index (χ1v) is 20.4. The van der Waals surface area contributed by atoms with Crippen molar-refractivity contribution < 1.29 is 28.9 Å². The van der Waals surface area contributed by atoms with Gasteiger partial charge in [0.1, 0.15) is 6.10 Å². The average molecular weight is 782 g/mol. The summed E-state index contributed by atoms with van der Waals surface area (Å²) in [4.78, 5) is 27.1. The first-order valence-electron chi connectivity index (χ1n) is 19.7. The molecule has 0 spiro atoms. The molecule has 0 amide bonds. The van der Waals surface area contributed by atoms with Crippen LogP contribution >= 0.6 is 15.9 Å². The second kappa shape index (κ2) is 15.0. The minimum atomic E-state index is -0.724. The zero-order chi connectivity index (χ0) is 38.6. The van der Waals surface area contributed by atoms with Gasteiger partial charge in [-0.2, -0.15) is 0 Å². The Kier molecular flexibility index (Phi) is 11.8. The number of hydrogen-bond acceptors (Lipinski definition) is 6. The van der Waals surface area contributed by atoms with E-state index in [-0.39, 0.29) is 34.2 Å². The van der Waals surface area contributed by atoms with Crippen molar-refractivity contribution in [3.63, 3.8) is 0 Å². The fourth-order valence-electron chi connectivity index (χ4n) is 11.6. The van der Waals surface area contributed by atoms with E-state index in [9.17, 15) is 14.7 Å². The molecule has 0 heterocycles. The molecule has 7 heteroatoms. The smallest absolute Gasteiger partial charge is 0.336 e.